The van der Waals surface area contributed by atoms with Gasteiger partial charge in [0.2, 0.25) is 0 Å². The molecular weight excluding hydrogens is 228 g/mol. The van der Waals surface area contributed by atoms with Crippen LogP contribution in [0.3, 0.4) is 0 Å². The number of alkyl halides is 1. The maximum Gasteiger partial charge on any atom is 0.0404 e. The van der Waals surface area contributed by atoms with E-state index in [9.17, 15) is 0 Å². The van der Waals surface area contributed by atoms with E-state index >= 15 is 0 Å². The van der Waals surface area contributed by atoms with E-state index < -0.39 is 0 Å². The number of hydrogen-bond acceptors (Lipinski definition) is 0. The smallest absolute Gasteiger partial charge is 0.0404 e. The lowest BCUT2D eigenvalue weighted by atomic mass is 9.84. The molecule has 1 aromatic carbocycles. The van der Waals surface area contributed by atoms with E-state index in [1.807, 2.05) is 0 Å². The highest BCUT2D eigenvalue weighted by Gasteiger charge is 2.21. The molecule has 1 aliphatic rings. The lowest BCUT2D eigenvalue weighted by Gasteiger charge is -2.26. The van der Waals surface area contributed by atoms with Gasteiger partial charge in [0.1, 0.15) is 0 Å². The van der Waals surface area contributed by atoms with Crippen LogP contribution in [0.25, 0.3) is 0 Å². The van der Waals surface area contributed by atoms with Crippen molar-refractivity contribution in [1.82, 2.24) is 0 Å². The van der Waals surface area contributed by atoms with Crippen molar-refractivity contribution >= 4 is 11.6 Å². The molecule has 1 aliphatic carbocycles. The van der Waals surface area contributed by atoms with Crippen LogP contribution in [0, 0.1) is 19.8 Å². The molecule has 0 heterocycles. The molecule has 0 N–H and O–H groups in total. The van der Waals surface area contributed by atoms with Gasteiger partial charge in [-0.2, -0.15) is 0 Å². The van der Waals surface area contributed by atoms with Crippen molar-refractivity contribution in [2.75, 3.05) is 0 Å². The largest absolute Gasteiger partial charge is 0.122 e. The Bertz CT molecular complexity index is 364. The Kier molecular flexibility index (Phi) is 4.50. The maximum absolute atomic E-state index is 6.59. The molecule has 0 saturated heterocycles. The summed E-state index contributed by atoms with van der Waals surface area (Å²) in [6.45, 7) is 4.35. The van der Waals surface area contributed by atoms with Crippen molar-refractivity contribution in [3.05, 3.63) is 34.9 Å². The average molecular weight is 251 g/mol. The summed E-state index contributed by atoms with van der Waals surface area (Å²) in [6, 6.07) is 6.75. The first-order chi connectivity index (χ1) is 8.16. The van der Waals surface area contributed by atoms with Gasteiger partial charge in [-0.3, -0.25) is 0 Å². The zero-order chi connectivity index (χ0) is 12.3. The Morgan fingerprint density at radius 3 is 2.47 bits per heavy atom. The van der Waals surface area contributed by atoms with Crippen molar-refractivity contribution in [3.63, 3.8) is 0 Å². The quantitative estimate of drug-likeness (QED) is 0.660. The van der Waals surface area contributed by atoms with Crippen LogP contribution in [-0.2, 0) is 6.42 Å². The summed E-state index contributed by atoms with van der Waals surface area (Å²) in [5, 5.41) is 0.331. The number of halogens is 1. The van der Waals surface area contributed by atoms with Crippen molar-refractivity contribution < 1.29 is 0 Å². The molecule has 1 fully saturated rings. The van der Waals surface area contributed by atoms with Crippen LogP contribution in [0.5, 0.6) is 0 Å². The van der Waals surface area contributed by atoms with Crippen molar-refractivity contribution in [3.8, 4) is 0 Å². The van der Waals surface area contributed by atoms with Gasteiger partial charge in [-0.05, 0) is 55.7 Å². The SMILES string of the molecule is Cc1ccc(CC(Cl)C2CCCCC2)cc1C. The van der Waals surface area contributed by atoms with E-state index in [0.29, 0.717) is 5.38 Å². The highest BCUT2D eigenvalue weighted by atomic mass is 35.5. The number of rotatable bonds is 3. The Labute approximate surface area is 110 Å². The molecule has 17 heavy (non-hydrogen) atoms. The first kappa shape index (κ1) is 13.0. The molecule has 1 unspecified atom stereocenters. The summed E-state index contributed by atoms with van der Waals surface area (Å²) in [5.41, 5.74) is 4.16. The normalized spacial score (nSPS) is 19.2. The predicted molar refractivity (Wildman–Crippen MR) is 75.8 cm³/mol. The molecule has 94 valence electrons. The minimum Gasteiger partial charge on any atom is -0.122 e. The first-order valence-electron chi connectivity index (χ1n) is 6.87. The zero-order valence-corrected chi connectivity index (χ0v) is 11.8. The fourth-order valence-corrected chi connectivity index (χ4v) is 3.25. The highest BCUT2D eigenvalue weighted by Crippen LogP contribution is 2.31. The van der Waals surface area contributed by atoms with Crippen LogP contribution in [0.1, 0.15) is 48.8 Å². The molecular formula is C16H23Cl. The van der Waals surface area contributed by atoms with Gasteiger partial charge in [-0.15, -0.1) is 11.6 Å². The summed E-state index contributed by atoms with van der Waals surface area (Å²) >= 11 is 6.59. The minimum absolute atomic E-state index is 0.331. The average Bonchev–Trinajstić information content (AvgIpc) is 2.35. The molecule has 0 bridgehead atoms. The second-order valence-corrected chi connectivity index (χ2v) is 6.10. The monoisotopic (exact) mass is 250 g/mol. The second-order valence-electron chi connectivity index (χ2n) is 5.54. The molecule has 0 nitrogen and oxygen atoms in total. The Morgan fingerprint density at radius 2 is 1.82 bits per heavy atom. The number of aryl methyl sites for hydroxylation is 2. The van der Waals surface area contributed by atoms with Crippen LogP contribution in [0.15, 0.2) is 18.2 Å². The lowest BCUT2D eigenvalue weighted by molar-refractivity contribution is 0.344. The van der Waals surface area contributed by atoms with Gasteiger partial charge < -0.3 is 0 Å². The topological polar surface area (TPSA) is 0 Å². The summed E-state index contributed by atoms with van der Waals surface area (Å²) < 4.78 is 0. The maximum atomic E-state index is 6.59. The van der Waals surface area contributed by atoms with Gasteiger partial charge in [-0.1, -0.05) is 37.5 Å². The Morgan fingerprint density at radius 1 is 1.12 bits per heavy atom. The fraction of sp³-hybridized carbons (Fsp3) is 0.625. The molecule has 0 spiro atoms. The van der Waals surface area contributed by atoms with Gasteiger partial charge in [-0.25, -0.2) is 0 Å². The zero-order valence-electron chi connectivity index (χ0n) is 11.0. The van der Waals surface area contributed by atoms with E-state index in [1.165, 1.54) is 48.8 Å². The molecule has 1 atom stereocenters. The Hall–Kier alpha value is -0.490. The van der Waals surface area contributed by atoms with Crippen LogP contribution >= 0.6 is 11.6 Å². The van der Waals surface area contributed by atoms with E-state index in [-0.39, 0.29) is 0 Å². The van der Waals surface area contributed by atoms with Crippen LogP contribution in [-0.4, -0.2) is 5.38 Å². The van der Waals surface area contributed by atoms with E-state index in [4.69, 9.17) is 11.6 Å². The van der Waals surface area contributed by atoms with Crippen LogP contribution < -0.4 is 0 Å². The van der Waals surface area contributed by atoms with Crippen LogP contribution in [0.2, 0.25) is 0 Å². The van der Waals surface area contributed by atoms with Gasteiger partial charge in [0, 0.05) is 5.38 Å². The summed E-state index contributed by atoms with van der Waals surface area (Å²) in [5.74, 6) is 0.743. The third-order valence-electron chi connectivity index (χ3n) is 4.16. The van der Waals surface area contributed by atoms with Crippen LogP contribution in [0.4, 0.5) is 0 Å². The van der Waals surface area contributed by atoms with Gasteiger partial charge in [0.05, 0.1) is 0 Å². The molecule has 1 heteroatoms. The Balaban J connectivity index is 1.96. The molecule has 0 amide bonds. The second kappa shape index (κ2) is 5.91. The summed E-state index contributed by atoms with van der Waals surface area (Å²) in [4.78, 5) is 0. The molecule has 1 saturated carbocycles. The van der Waals surface area contributed by atoms with Gasteiger partial charge in [0.25, 0.3) is 0 Å². The molecule has 1 aromatic rings. The van der Waals surface area contributed by atoms with Gasteiger partial charge in [0.15, 0.2) is 0 Å². The third-order valence-corrected chi connectivity index (χ3v) is 4.67. The lowest BCUT2D eigenvalue weighted by Crippen LogP contribution is -2.20. The third kappa shape index (κ3) is 3.48. The standard InChI is InChI=1S/C16H23Cl/c1-12-8-9-14(10-13(12)2)11-16(17)15-6-4-3-5-7-15/h8-10,15-16H,3-7,11H2,1-2H3. The van der Waals surface area contributed by atoms with Gasteiger partial charge >= 0.3 is 0 Å². The molecule has 2 rings (SSSR count). The number of benzene rings is 1. The molecule has 0 radical (unpaired) electrons. The fourth-order valence-electron chi connectivity index (χ4n) is 2.82. The summed E-state index contributed by atoms with van der Waals surface area (Å²) in [7, 11) is 0. The van der Waals surface area contributed by atoms with E-state index in [2.05, 4.69) is 32.0 Å². The van der Waals surface area contributed by atoms with Crippen molar-refractivity contribution in [1.29, 1.82) is 0 Å². The highest BCUT2D eigenvalue weighted by molar-refractivity contribution is 6.20. The van der Waals surface area contributed by atoms with Crippen molar-refractivity contribution in [2.24, 2.45) is 5.92 Å². The molecule has 0 aromatic heterocycles. The minimum atomic E-state index is 0.331. The summed E-state index contributed by atoms with van der Waals surface area (Å²) in [6.07, 6.45) is 7.86. The first-order valence-corrected chi connectivity index (χ1v) is 7.30. The predicted octanol–water partition coefficient (Wildman–Crippen LogP) is 5.03. The molecule has 0 aliphatic heterocycles. The van der Waals surface area contributed by atoms with Crippen molar-refractivity contribution in [2.45, 2.75) is 57.7 Å². The number of hydrogen-bond donors (Lipinski definition) is 0. The van der Waals surface area contributed by atoms with E-state index in [0.717, 1.165) is 12.3 Å². The van der Waals surface area contributed by atoms with E-state index in [1.54, 1.807) is 0 Å².